The lowest BCUT2D eigenvalue weighted by Gasteiger charge is -2.31. The number of carbonyl (C=O) groups excluding carboxylic acids is 1. The molecule has 1 atom stereocenters. The molecular weight excluding hydrogens is 368 g/mol. The lowest BCUT2D eigenvalue weighted by Crippen LogP contribution is -2.52. The lowest BCUT2D eigenvalue weighted by atomic mass is 9.82. The van der Waals surface area contributed by atoms with Crippen LogP contribution in [0.15, 0.2) is 24.3 Å². The maximum absolute atomic E-state index is 12.6. The van der Waals surface area contributed by atoms with Crippen LogP contribution in [0, 0.1) is 0 Å². The molecule has 0 aliphatic heterocycles. The quantitative estimate of drug-likeness (QED) is 0.776. The molecule has 1 aromatic rings. The second kappa shape index (κ2) is 9.86. The molecule has 2 aliphatic rings. The number of rotatable bonds is 5. The van der Waals surface area contributed by atoms with Gasteiger partial charge in [-0.05, 0) is 43.4 Å². The molecule has 2 saturated carbocycles. The number of benzene rings is 1. The summed E-state index contributed by atoms with van der Waals surface area (Å²) in [6.45, 7) is 0. The van der Waals surface area contributed by atoms with E-state index in [1.807, 2.05) is 24.3 Å². The predicted molar refractivity (Wildman–Crippen MR) is 111 cm³/mol. The molecule has 2 aliphatic carbocycles. The zero-order chi connectivity index (χ0) is 17.7. The highest BCUT2D eigenvalue weighted by atomic mass is 35.5. The highest BCUT2D eigenvalue weighted by Gasteiger charge is 2.35. The van der Waals surface area contributed by atoms with Gasteiger partial charge in [0.2, 0.25) is 5.91 Å². The van der Waals surface area contributed by atoms with Gasteiger partial charge in [-0.3, -0.25) is 9.00 Å². The largest absolute Gasteiger partial charge is 0.324 e. The van der Waals surface area contributed by atoms with Crippen molar-refractivity contribution in [1.29, 1.82) is 0 Å². The van der Waals surface area contributed by atoms with Gasteiger partial charge in [0.15, 0.2) is 0 Å². The van der Waals surface area contributed by atoms with Gasteiger partial charge in [-0.15, -0.1) is 12.4 Å². The summed E-state index contributed by atoms with van der Waals surface area (Å²) in [5, 5.41) is 3.32. The first-order chi connectivity index (χ1) is 12.1. The molecule has 26 heavy (non-hydrogen) atoms. The number of nitrogens with one attached hydrogen (secondary N) is 1. The number of hydrogen-bond donors (Lipinski definition) is 2. The van der Waals surface area contributed by atoms with E-state index in [0.29, 0.717) is 11.0 Å². The number of hydrogen-bond acceptors (Lipinski definition) is 3. The fraction of sp³-hybridized carbons (Fsp3) is 0.650. The summed E-state index contributed by atoms with van der Waals surface area (Å²) in [6.07, 6.45) is 10.5. The molecule has 0 bridgehead atoms. The molecule has 3 rings (SSSR count). The van der Waals surface area contributed by atoms with Crippen LogP contribution >= 0.6 is 12.4 Å². The van der Waals surface area contributed by atoms with Gasteiger partial charge in [-0.2, -0.15) is 0 Å². The Bertz CT molecular complexity index is 626. The average Bonchev–Trinajstić information content (AvgIpc) is 2.63. The van der Waals surface area contributed by atoms with Crippen molar-refractivity contribution in [3.63, 3.8) is 0 Å². The van der Waals surface area contributed by atoms with Crippen LogP contribution in [-0.4, -0.2) is 20.9 Å². The van der Waals surface area contributed by atoms with E-state index in [2.05, 4.69) is 5.32 Å². The van der Waals surface area contributed by atoms with Crippen molar-refractivity contribution in [2.24, 2.45) is 5.73 Å². The highest BCUT2D eigenvalue weighted by Crippen LogP contribution is 2.28. The van der Waals surface area contributed by atoms with Crippen molar-refractivity contribution in [3.05, 3.63) is 29.8 Å². The van der Waals surface area contributed by atoms with E-state index in [-0.39, 0.29) is 18.3 Å². The smallest absolute Gasteiger partial charge is 0.244 e. The maximum Gasteiger partial charge on any atom is 0.244 e. The van der Waals surface area contributed by atoms with Crippen LogP contribution in [0.25, 0.3) is 0 Å². The third-order valence-electron chi connectivity index (χ3n) is 5.62. The van der Waals surface area contributed by atoms with Crippen LogP contribution in [-0.2, 0) is 21.3 Å². The SMILES string of the molecule is Cl.NC1(C(=O)Nc2cccc(CS(=O)C3CCCCC3)c2)CCCCC1. The number of anilines is 1. The van der Waals surface area contributed by atoms with Gasteiger partial charge in [0.05, 0.1) is 5.54 Å². The Morgan fingerprint density at radius 2 is 1.77 bits per heavy atom. The first-order valence-electron chi connectivity index (χ1n) is 9.63. The van der Waals surface area contributed by atoms with Gasteiger partial charge in [0, 0.05) is 27.5 Å². The Morgan fingerprint density at radius 3 is 2.46 bits per heavy atom. The van der Waals surface area contributed by atoms with Crippen molar-refractivity contribution in [3.8, 4) is 0 Å². The van der Waals surface area contributed by atoms with Crippen molar-refractivity contribution >= 4 is 34.8 Å². The Morgan fingerprint density at radius 1 is 1.12 bits per heavy atom. The Labute approximate surface area is 165 Å². The molecule has 1 aromatic carbocycles. The minimum atomic E-state index is -0.828. The molecule has 1 amide bonds. The van der Waals surface area contributed by atoms with Crippen LogP contribution in [0.2, 0.25) is 0 Å². The molecule has 3 N–H and O–H groups in total. The Hall–Kier alpha value is -0.910. The van der Waals surface area contributed by atoms with E-state index in [0.717, 1.165) is 56.2 Å². The summed E-state index contributed by atoms with van der Waals surface area (Å²) in [5.74, 6) is 0.486. The van der Waals surface area contributed by atoms with Crippen LogP contribution in [0.5, 0.6) is 0 Å². The van der Waals surface area contributed by atoms with Gasteiger partial charge in [-0.1, -0.05) is 50.7 Å². The standard InChI is InChI=1S/C20H30N2O2S.ClH/c21-20(12-5-2-6-13-20)19(23)22-17-9-7-8-16(14-17)15-25(24)18-10-3-1-4-11-18;/h7-9,14,18H,1-6,10-13,15,21H2,(H,22,23);1H. The minimum absolute atomic E-state index is 0. The van der Waals surface area contributed by atoms with E-state index in [4.69, 9.17) is 5.73 Å². The first kappa shape index (κ1) is 21.4. The highest BCUT2D eigenvalue weighted by molar-refractivity contribution is 7.84. The normalized spacial score (nSPS) is 21.4. The number of halogens is 1. The predicted octanol–water partition coefficient (Wildman–Crippen LogP) is 4.29. The molecular formula is C20H31ClN2O2S. The van der Waals surface area contributed by atoms with Gasteiger partial charge in [0.25, 0.3) is 0 Å². The van der Waals surface area contributed by atoms with E-state index in [9.17, 15) is 9.00 Å². The zero-order valence-corrected chi connectivity index (χ0v) is 17.0. The van der Waals surface area contributed by atoms with Gasteiger partial charge in [-0.25, -0.2) is 0 Å². The summed E-state index contributed by atoms with van der Waals surface area (Å²) < 4.78 is 12.6. The molecule has 0 aromatic heterocycles. The van der Waals surface area contributed by atoms with E-state index in [1.54, 1.807) is 0 Å². The first-order valence-corrected chi connectivity index (χ1v) is 11.0. The number of amides is 1. The molecule has 6 heteroatoms. The molecule has 0 spiro atoms. The number of carbonyl (C=O) groups is 1. The summed E-state index contributed by atoms with van der Waals surface area (Å²) in [7, 11) is -0.828. The third kappa shape index (κ3) is 5.54. The molecule has 0 heterocycles. The molecule has 1 unspecified atom stereocenters. The van der Waals surface area contributed by atoms with Crippen molar-refractivity contribution in [2.45, 2.75) is 80.7 Å². The fourth-order valence-corrected chi connectivity index (χ4v) is 5.62. The lowest BCUT2D eigenvalue weighted by molar-refractivity contribution is -0.122. The molecule has 2 fully saturated rings. The second-order valence-corrected chi connectivity index (χ2v) is 9.37. The van der Waals surface area contributed by atoms with Crippen LogP contribution in [0.3, 0.4) is 0 Å². The van der Waals surface area contributed by atoms with E-state index >= 15 is 0 Å². The van der Waals surface area contributed by atoms with E-state index < -0.39 is 16.3 Å². The molecule has 4 nitrogen and oxygen atoms in total. The summed E-state index contributed by atoms with van der Waals surface area (Å²) in [6, 6.07) is 7.75. The zero-order valence-electron chi connectivity index (χ0n) is 15.4. The summed E-state index contributed by atoms with van der Waals surface area (Å²) >= 11 is 0. The monoisotopic (exact) mass is 398 g/mol. The van der Waals surface area contributed by atoms with Gasteiger partial charge >= 0.3 is 0 Å². The van der Waals surface area contributed by atoms with Crippen LogP contribution in [0.1, 0.15) is 69.8 Å². The van der Waals surface area contributed by atoms with Crippen molar-refractivity contribution in [1.82, 2.24) is 0 Å². The average molecular weight is 399 g/mol. The second-order valence-electron chi connectivity index (χ2n) is 7.66. The Kier molecular flexibility index (Phi) is 8.11. The van der Waals surface area contributed by atoms with Crippen molar-refractivity contribution < 1.29 is 9.00 Å². The van der Waals surface area contributed by atoms with E-state index in [1.165, 1.54) is 19.3 Å². The maximum atomic E-state index is 12.6. The van der Waals surface area contributed by atoms with Crippen molar-refractivity contribution in [2.75, 3.05) is 5.32 Å². The Balaban J connectivity index is 0.00000243. The third-order valence-corrected chi connectivity index (χ3v) is 7.45. The molecule has 146 valence electrons. The van der Waals surface area contributed by atoms with Crippen LogP contribution in [0.4, 0.5) is 5.69 Å². The fourth-order valence-electron chi connectivity index (χ4n) is 4.01. The summed E-state index contributed by atoms with van der Waals surface area (Å²) in [5.41, 5.74) is 7.36. The minimum Gasteiger partial charge on any atom is -0.324 e. The molecule has 0 radical (unpaired) electrons. The number of nitrogens with two attached hydrogens (primary N) is 1. The van der Waals surface area contributed by atoms with Gasteiger partial charge in [0.1, 0.15) is 0 Å². The van der Waals surface area contributed by atoms with Gasteiger partial charge < -0.3 is 11.1 Å². The topological polar surface area (TPSA) is 72.2 Å². The summed E-state index contributed by atoms with van der Waals surface area (Å²) in [4.78, 5) is 12.6. The van der Waals surface area contributed by atoms with Crippen LogP contribution < -0.4 is 11.1 Å². The molecule has 0 saturated heterocycles.